The van der Waals surface area contributed by atoms with Gasteiger partial charge in [0.15, 0.2) is 0 Å². The second kappa shape index (κ2) is 9.28. The molecule has 1 aliphatic heterocycles. The second-order valence-electron chi connectivity index (χ2n) is 8.42. The van der Waals surface area contributed by atoms with Crippen molar-refractivity contribution in [3.63, 3.8) is 0 Å². The van der Waals surface area contributed by atoms with Gasteiger partial charge in [0.05, 0.1) is 5.69 Å². The van der Waals surface area contributed by atoms with Crippen molar-refractivity contribution in [3.05, 3.63) is 101 Å². The zero-order valence-electron chi connectivity index (χ0n) is 18.2. The minimum atomic E-state index is -0.223. The minimum absolute atomic E-state index is 0.0875. The Morgan fingerprint density at radius 2 is 1.64 bits per heavy atom. The van der Waals surface area contributed by atoms with Crippen LogP contribution >= 0.6 is 11.6 Å². The summed E-state index contributed by atoms with van der Waals surface area (Å²) in [4.78, 5) is 20.6. The van der Waals surface area contributed by atoms with E-state index in [0.29, 0.717) is 43.3 Å². The molecule has 4 aromatic rings. The highest BCUT2D eigenvalue weighted by atomic mass is 35.5. The summed E-state index contributed by atoms with van der Waals surface area (Å²) < 4.78 is 14.2. The Bertz CT molecular complexity index is 1260. The van der Waals surface area contributed by atoms with Crippen molar-refractivity contribution >= 4 is 34.1 Å². The summed E-state index contributed by atoms with van der Waals surface area (Å²) in [5, 5.41) is 1.79. The summed E-state index contributed by atoms with van der Waals surface area (Å²) >= 11 is 6.13. The number of fused-ring (bicyclic) bond motifs is 1. The largest absolute Gasteiger partial charge is 0.366 e. The van der Waals surface area contributed by atoms with E-state index in [4.69, 9.17) is 11.6 Å². The van der Waals surface area contributed by atoms with Crippen LogP contribution in [0.3, 0.4) is 0 Å². The van der Waals surface area contributed by atoms with Crippen LogP contribution in [-0.2, 0) is 4.79 Å². The predicted molar refractivity (Wildman–Crippen MR) is 131 cm³/mol. The van der Waals surface area contributed by atoms with Gasteiger partial charge in [0, 0.05) is 60.6 Å². The maximum atomic E-state index is 14.2. The van der Waals surface area contributed by atoms with Gasteiger partial charge in [0.2, 0.25) is 5.91 Å². The number of hydrogen-bond donors (Lipinski definition) is 1. The summed E-state index contributed by atoms with van der Waals surface area (Å²) in [6.45, 7) is 2.39. The number of H-pyrrole nitrogens is 1. The zero-order chi connectivity index (χ0) is 22.8. The van der Waals surface area contributed by atoms with Gasteiger partial charge in [-0.15, -0.1) is 0 Å². The highest BCUT2D eigenvalue weighted by Crippen LogP contribution is 2.34. The Kier molecular flexibility index (Phi) is 6.05. The molecule has 1 aromatic heterocycles. The third kappa shape index (κ3) is 4.46. The molecule has 1 atom stereocenters. The number of aromatic amines is 1. The standard InChI is InChI=1S/C27H25ClFN3O/c28-20-11-9-19(10-12-20)22(23-18-30-25-7-3-1-5-21(23)25)17-27(33)32-15-13-31(14-16-32)26-8-4-2-6-24(26)29/h1-12,18,22,30H,13-17H2. The summed E-state index contributed by atoms with van der Waals surface area (Å²) in [6.07, 6.45) is 2.37. The quantitative estimate of drug-likeness (QED) is 0.406. The lowest BCUT2D eigenvalue weighted by Gasteiger charge is -2.36. The molecule has 0 radical (unpaired) electrons. The van der Waals surface area contributed by atoms with Gasteiger partial charge in [-0.2, -0.15) is 0 Å². The first kappa shape index (κ1) is 21.5. The number of halogens is 2. The fourth-order valence-electron chi connectivity index (χ4n) is 4.69. The van der Waals surface area contributed by atoms with E-state index < -0.39 is 0 Å². The predicted octanol–water partition coefficient (Wildman–Crippen LogP) is 5.83. The van der Waals surface area contributed by atoms with Crippen LogP contribution in [0.2, 0.25) is 5.02 Å². The van der Waals surface area contributed by atoms with E-state index in [2.05, 4.69) is 11.1 Å². The van der Waals surface area contributed by atoms with Crippen LogP contribution in [0.5, 0.6) is 0 Å². The third-order valence-corrected chi connectivity index (χ3v) is 6.73. The number of amides is 1. The van der Waals surface area contributed by atoms with E-state index in [-0.39, 0.29) is 17.6 Å². The van der Waals surface area contributed by atoms with Gasteiger partial charge in [-0.05, 0) is 41.5 Å². The number of nitrogens with one attached hydrogen (secondary N) is 1. The topological polar surface area (TPSA) is 39.3 Å². The molecule has 6 heteroatoms. The molecule has 4 nitrogen and oxygen atoms in total. The van der Waals surface area contributed by atoms with Gasteiger partial charge in [-0.1, -0.05) is 54.1 Å². The summed E-state index contributed by atoms with van der Waals surface area (Å²) in [5.41, 5.74) is 3.81. The van der Waals surface area contributed by atoms with Crippen LogP contribution in [0.1, 0.15) is 23.5 Å². The molecule has 1 unspecified atom stereocenters. The Morgan fingerprint density at radius 3 is 2.39 bits per heavy atom. The van der Waals surface area contributed by atoms with Crippen molar-refractivity contribution in [2.75, 3.05) is 31.1 Å². The van der Waals surface area contributed by atoms with Gasteiger partial charge in [-0.25, -0.2) is 4.39 Å². The molecule has 1 aliphatic rings. The minimum Gasteiger partial charge on any atom is -0.366 e. The molecule has 5 rings (SSSR count). The number of nitrogens with zero attached hydrogens (tertiary/aromatic N) is 2. The second-order valence-corrected chi connectivity index (χ2v) is 8.85. The lowest BCUT2D eigenvalue weighted by Crippen LogP contribution is -2.49. The van der Waals surface area contributed by atoms with E-state index in [0.717, 1.165) is 22.0 Å². The molecular weight excluding hydrogens is 437 g/mol. The SMILES string of the molecule is O=C(CC(c1ccc(Cl)cc1)c1c[nH]c2ccccc12)N1CCN(c2ccccc2F)CC1. The first-order valence-corrected chi connectivity index (χ1v) is 11.6. The van der Waals surface area contributed by atoms with Gasteiger partial charge >= 0.3 is 0 Å². The molecule has 1 fully saturated rings. The van der Waals surface area contributed by atoms with Crippen molar-refractivity contribution in [1.29, 1.82) is 0 Å². The number of rotatable bonds is 5. The summed E-state index contributed by atoms with van der Waals surface area (Å²) in [5.74, 6) is -0.205. The molecule has 3 aromatic carbocycles. The number of carbonyl (C=O) groups is 1. The van der Waals surface area contributed by atoms with Crippen LogP contribution < -0.4 is 4.90 Å². The number of aromatic nitrogens is 1. The molecule has 0 bridgehead atoms. The van der Waals surface area contributed by atoms with Gasteiger partial charge in [0.1, 0.15) is 5.82 Å². The molecular formula is C27H25ClFN3O. The van der Waals surface area contributed by atoms with Crippen LogP contribution in [-0.4, -0.2) is 42.0 Å². The lowest BCUT2D eigenvalue weighted by molar-refractivity contribution is -0.131. The molecule has 168 valence electrons. The number of carbonyl (C=O) groups excluding carboxylic acids is 1. The lowest BCUT2D eigenvalue weighted by atomic mass is 9.87. The van der Waals surface area contributed by atoms with E-state index in [9.17, 15) is 9.18 Å². The van der Waals surface area contributed by atoms with Crippen LogP contribution in [0.15, 0.2) is 79.0 Å². The fourth-order valence-corrected chi connectivity index (χ4v) is 4.82. The Hall–Kier alpha value is -3.31. The van der Waals surface area contributed by atoms with Crippen molar-refractivity contribution < 1.29 is 9.18 Å². The fraction of sp³-hybridized carbons (Fsp3) is 0.222. The molecule has 1 amide bonds. The highest BCUT2D eigenvalue weighted by Gasteiger charge is 2.27. The summed E-state index contributed by atoms with van der Waals surface area (Å²) in [7, 11) is 0. The highest BCUT2D eigenvalue weighted by molar-refractivity contribution is 6.30. The van der Waals surface area contributed by atoms with Gasteiger partial charge < -0.3 is 14.8 Å². The molecule has 2 heterocycles. The van der Waals surface area contributed by atoms with Crippen LogP contribution in [0, 0.1) is 5.82 Å². The monoisotopic (exact) mass is 461 g/mol. The first-order chi connectivity index (χ1) is 16.1. The molecule has 0 spiro atoms. The number of para-hydroxylation sites is 2. The molecule has 0 saturated carbocycles. The third-order valence-electron chi connectivity index (χ3n) is 6.47. The van der Waals surface area contributed by atoms with Crippen molar-refractivity contribution in [3.8, 4) is 0 Å². The molecule has 1 N–H and O–H groups in total. The molecule has 33 heavy (non-hydrogen) atoms. The Morgan fingerprint density at radius 1 is 0.939 bits per heavy atom. The average molecular weight is 462 g/mol. The number of piperazine rings is 1. The maximum Gasteiger partial charge on any atom is 0.223 e. The Labute approximate surface area is 197 Å². The van der Waals surface area contributed by atoms with Gasteiger partial charge in [-0.3, -0.25) is 4.79 Å². The van der Waals surface area contributed by atoms with E-state index in [1.807, 2.05) is 64.5 Å². The van der Waals surface area contributed by atoms with E-state index >= 15 is 0 Å². The maximum absolute atomic E-state index is 14.2. The number of benzene rings is 3. The molecule has 1 saturated heterocycles. The Balaban J connectivity index is 1.36. The van der Waals surface area contributed by atoms with Gasteiger partial charge in [0.25, 0.3) is 0 Å². The smallest absolute Gasteiger partial charge is 0.223 e. The van der Waals surface area contributed by atoms with Crippen molar-refractivity contribution in [1.82, 2.24) is 9.88 Å². The average Bonchev–Trinajstić information content (AvgIpc) is 3.27. The zero-order valence-corrected chi connectivity index (χ0v) is 18.9. The normalized spacial score (nSPS) is 15.1. The van der Waals surface area contributed by atoms with Crippen molar-refractivity contribution in [2.45, 2.75) is 12.3 Å². The van der Waals surface area contributed by atoms with Crippen LogP contribution in [0.25, 0.3) is 10.9 Å². The van der Waals surface area contributed by atoms with E-state index in [1.165, 1.54) is 6.07 Å². The van der Waals surface area contributed by atoms with Crippen LogP contribution in [0.4, 0.5) is 10.1 Å². The number of hydrogen-bond acceptors (Lipinski definition) is 2. The first-order valence-electron chi connectivity index (χ1n) is 11.2. The van der Waals surface area contributed by atoms with E-state index in [1.54, 1.807) is 12.1 Å². The molecule has 0 aliphatic carbocycles. The number of anilines is 1. The summed E-state index contributed by atoms with van der Waals surface area (Å²) in [6, 6.07) is 22.7. The van der Waals surface area contributed by atoms with Crippen molar-refractivity contribution in [2.24, 2.45) is 0 Å².